The summed E-state index contributed by atoms with van der Waals surface area (Å²) in [5.74, 6) is -0.832. The average Bonchev–Trinajstić information content (AvgIpc) is 3.44. The average molecular weight is 412 g/mol. The molecule has 0 fully saturated rings. The Morgan fingerprint density at radius 3 is 2.82 bits per heavy atom. The highest BCUT2D eigenvalue weighted by Gasteiger charge is 2.19. The van der Waals surface area contributed by atoms with Crippen molar-refractivity contribution in [1.82, 2.24) is 9.55 Å². The molecule has 0 saturated carbocycles. The van der Waals surface area contributed by atoms with E-state index in [-0.39, 0.29) is 5.91 Å². The third-order valence-corrected chi connectivity index (χ3v) is 6.13. The van der Waals surface area contributed by atoms with Crippen LogP contribution in [0.3, 0.4) is 0 Å². The monoisotopic (exact) mass is 411 g/mol. The minimum absolute atomic E-state index is 0.315. The molecule has 0 aliphatic carbocycles. The standard InChI is InChI=1S/C20H17N3O3S2/c1-3-23-15-7-5-4-6-12(15)10-16(23)19-22-14(11-28-19)18(24)21-13-8-9-27-17(13)20(25)26-2/h4-11H,3H2,1-2H3,(H,21,24). The van der Waals surface area contributed by atoms with Crippen molar-refractivity contribution in [1.29, 1.82) is 0 Å². The maximum Gasteiger partial charge on any atom is 0.350 e. The first-order valence-corrected chi connectivity index (χ1v) is 10.4. The zero-order chi connectivity index (χ0) is 19.7. The maximum absolute atomic E-state index is 12.6. The van der Waals surface area contributed by atoms with E-state index in [9.17, 15) is 9.59 Å². The van der Waals surface area contributed by atoms with E-state index in [1.165, 1.54) is 29.8 Å². The quantitative estimate of drug-likeness (QED) is 0.475. The summed E-state index contributed by atoms with van der Waals surface area (Å²) in [7, 11) is 1.31. The molecule has 142 valence electrons. The Morgan fingerprint density at radius 2 is 2.04 bits per heavy atom. The van der Waals surface area contributed by atoms with Crippen molar-refractivity contribution in [2.75, 3.05) is 12.4 Å². The summed E-state index contributed by atoms with van der Waals surface area (Å²) >= 11 is 2.64. The number of aromatic nitrogens is 2. The Morgan fingerprint density at radius 1 is 1.21 bits per heavy atom. The number of para-hydroxylation sites is 1. The summed E-state index contributed by atoms with van der Waals surface area (Å²) in [6, 6.07) is 11.9. The lowest BCUT2D eigenvalue weighted by Gasteiger charge is -2.05. The molecule has 0 aliphatic heterocycles. The molecule has 0 unspecified atom stereocenters. The fraction of sp³-hybridized carbons (Fsp3) is 0.150. The highest BCUT2D eigenvalue weighted by molar-refractivity contribution is 7.13. The summed E-state index contributed by atoms with van der Waals surface area (Å²) in [4.78, 5) is 29.3. The van der Waals surface area contributed by atoms with Crippen LogP contribution in [0.25, 0.3) is 21.6 Å². The normalized spacial score (nSPS) is 10.9. The van der Waals surface area contributed by atoms with Gasteiger partial charge in [-0.05, 0) is 30.5 Å². The summed E-state index contributed by atoms with van der Waals surface area (Å²) in [6.45, 7) is 2.89. The van der Waals surface area contributed by atoms with E-state index in [1.807, 2.05) is 12.1 Å². The molecule has 1 amide bonds. The van der Waals surface area contributed by atoms with Crippen molar-refractivity contribution >= 4 is 51.1 Å². The van der Waals surface area contributed by atoms with Gasteiger partial charge in [-0.1, -0.05) is 18.2 Å². The van der Waals surface area contributed by atoms with Crippen molar-refractivity contribution in [2.45, 2.75) is 13.5 Å². The molecule has 0 aliphatic rings. The number of fused-ring (bicyclic) bond motifs is 1. The van der Waals surface area contributed by atoms with Crippen LogP contribution in [0.15, 0.2) is 47.2 Å². The first-order chi connectivity index (χ1) is 13.6. The number of hydrogen-bond donors (Lipinski definition) is 1. The van der Waals surface area contributed by atoms with E-state index in [0.29, 0.717) is 16.3 Å². The number of carbonyl (C=O) groups is 2. The van der Waals surface area contributed by atoms with Crippen molar-refractivity contribution in [2.24, 2.45) is 0 Å². The highest BCUT2D eigenvalue weighted by atomic mass is 32.1. The lowest BCUT2D eigenvalue weighted by molar-refractivity contribution is 0.0607. The van der Waals surface area contributed by atoms with Crippen molar-refractivity contribution in [3.63, 3.8) is 0 Å². The van der Waals surface area contributed by atoms with Gasteiger partial charge in [0, 0.05) is 22.8 Å². The Balaban J connectivity index is 1.63. The number of carbonyl (C=O) groups excluding carboxylic acids is 2. The number of amides is 1. The number of hydrogen-bond acceptors (Lipinski definition) is 6. The molecule has 0 bridgehead atoms. The number of thiophene rings is 1. The molecule has 0 saturated heterocycles. The maximum atomic E-state index is 12.6. The first-order valence-electron chi connectivity index (χ1n) is 8.63. The van der Waals surface area contributed by atoms with Crippen molar-refractivity contribution in [3.05, 3.63) is 57.7 Å². The second-order valence-corrected chi connectivity index (χ2v) is 7.75. The summed E-state index contributed by atoms with van der Waals surface area (Å²) in [5, 5.41) is 8.13. The topological polar surface area (TPSA) is 73.2 Å². The number of nitrogens with zero attached hydrogens (tertiary/aromatic N) is 2. The van der Waals surface area contributed by atoms with E-state index in [1.54, 1.807) is 16.8 Å². The fourth-order valence-corrected chi connectivity index (χ4v) is 4.66. The smallest absolute Gasteiger partial charge is 0.350 e. The first kappa shape index (κ1) is 18.4. The molecule has 28 heavy (non-hydrogen) atoms. The van der Waals surface area contributed by atoms with Crippen LogP contribution in [-0.2, 0) is 11.3 Å². The number of nitrogens with one attached hydrogen (secondary N) is 1. The van der Waals surface area contributed by atoms with Gasteiger partial charge in [-0.25, -0.2) is 9.78 Å². The number of ether oxygens (including phenoxy) is 1. The second kappa shape index (κ2) is 7.57. The van der Waals surface area contributed by atoms with Crippen LogP contribution in [0.1, 0.15) is 27.1 Å². The number of methoxy groups -OCH3 is 1. The Bertz CT molecular complexity index is 1170. The fourth-order valence-electron chi connectivity index (χ4n) is 3.07. The van der Waals surface area contributed by atoms with Gasteiger partial charge in [0.1, 0.15) is 15.6 Å². The molecular weight excluding hydrogens is 394 g/mol. The number of benzene rings is 1. The number of rotatable bonds is 5. The lowest BCUT2D eigenvalue weighted by atomic mass is 10.2. The molecule has 4 rings (SSSR count). The van der Waals surface area contributed by atoms with Crippen LogP contribution >= 0.6 is 22.7 Å². The molecule has 0 atom stereocenters. The Kier molecular flexibility index (Phi) is 4.97. The van der Waals surface area contributed by atoms with Gasteiger partial charge in [0.15, 0.2) is 0 Å². The lowest BCUT2D eigenvalue weighted by Crippen LogP contribution is -2.14. The van der Waals surface area contributed by atoms with Gasteiger partial charge in [-0.3, -0.25) is 4.79 Å². The molecule has 1 aromatic carbocycles. The molecule has 0 spiro atoms. The molecule has 1 N–H and O–H groups in total. The van der Waals surface area contributed by atoms with E-state index < -0.39 is 5.97 Å². The minimum Gasteiger partial charge on any atom is -0.465 e. The van der Waals surface area contributed by atoms with Gasteiger partial charge in [0.25, 0.3) is 5.91 Å². The zero-order valence-corrected chi connectivity index (χ0v) is 16.9. The third kappa shape index (κ3) is 3.21. The molecule has 8 heteroatoms. The summed E-state index contributed by atoms with van der Waals surface area (Å²) in [6.07, 6.45) is 0. The number of thiazole rings is 1. The Hall–Kier alpha value is -2.97. The van der Waals surface area contributed by atoms with Gasteiger partial charge in [-0.2, -0.15) is 0 Å². The largest absolute Gasteiger partial charge is 0.465 e. The molecule has 6 nitrogen and oxygen atoms in total. The van der Waals surface area contributed by atoms with Gasteiger partial charge in [0.05, 0.1) is 18.5 Å². The van der Waals surface area contributed by atoms with Crippen molar-refractivity contribution < 1.29 is 14.3 Å². The van der Waals surface area contributed by atoms with Gasteiger partial charge >= 0.3 is 5.97 Å². The number of esters is 1. The molecule has 3 heterocycles. The summed E-state index contributed by atoms with van der Waals surface area (Å²) < 4.78 is 6.93. The predicted octanol–water partition coefficient (Wildman–Crippen LogP) is 4.89. The van der Waals surface area contributed by atoms with Crippen molar-refractivity contribution in [3.8, 4) is 10.7 Å². The predicted molar refractivity (Wildman–Crippen MR) is 112 cm³/mol. The molecule has 3 aromatic heterocycles. The summed E-state index contributed by atoms with van der Waals surface area (Å²) in [5.41, 5.74) is 2.87. The number of anilines is 1. The number of aryl methyl sites for hydroxylation is 1. The van der Waals surface area contributed by atoms with E-state index in [4.69, 9.17) is 4.74 Å². The van der Waals surface area contributed by atoms with Crippen LogP contribution in [-0.4, -0.2) is 28.5 Å². The zero-order valence-electron chi connectivity index (χ0n) is 15.3. The molecule has 4 aromatic rings. The van der Waals surface area contributed by atoms with E-state index >= 15 is 0 Å². The minimum atomic E-state index is -0.475. The second-order valence-electron chi connectivity index (χ2n) is 5.98. The van der Waals surface area contributed by atoms with Gasteiger partial charge < -0.3 is 14.6 Å². The Labute approximate surface area is 169 Å². The van der Waals surface area contributed by atoms with Gasteiger partial charge in [0.2, 0.25) is 0 Å². The van der Waals surface area contributed by atoms with Crippen LogP contribution < -0.4 is 5.32 Å². The van der Waals surface area contributed by atoms with Crippen LogP contribution in [0.5, 0.6) is 0 Å². The van der Waals surface area contributed by atoms with E-state index in [0.717, 1.165) is 28.1 Å². The highest BCUT2D eigenvalue weighted by Crippen LogP contribution is 2.31. The van der Waals surface area contributed by atoms with Gasteiger partial charge in [-0.15, -0.1) is 22.7 Å². The van der Waals surface area contributed by atoms with Crippen LogP contribution in [0.4, 0.5) is 5.69 Å². The third-order valence-electron chi connectivity index (χ3n) is 4.37. The SMILES string of the molecule is CCn1c(-c2nc(C(=O)Nc3ccsc3C(=O)OC)cs2)cc2ccccc21. The van der Waals surface area contributed by atoms with Crippen LogP contribution in [0, 0.1) is 0 Å². The molecular formula is C20H17N3O3S2. The molecule has 0 radical (unpaired) electrons. The van der Waals surface area contributed by atoms with Crippen LogP contribution in [0.2, 0.25) is 0 Å². The van der Waals surface area contributed by atoms with E-state index in [2.05, 4.69) is 40.0 Å².